The Bertz CT molecular complexity index is 4150. The van der Waals surface area contributed by atoms with E-state index < -0.39 is 0 Å². The third-order valence-electron chi connectivity index (χ3n) is 13.2. The lowest BCUT2D eigenvalue weighted by atomic mass is 9.91. The Morgan fingerprint density at radius 3 is 1.84 bits per heavy atom. The second-order valence-electron chi connectivity index (χ2n) is 16.5. The van der Waals surface area contributed by atoms with Gasteiger partial charge in [-0.3, -0.25) is 0 Å². The standard InChI is InChI=1S/C58H34N4/c1-2-16-37(17-3-1)61-49-27-13-11-22-42(49)43-30-29-36(34-52(43)61)57-47-24-10-12-26-48(47)59-58(60-57)46-31-32-50(41-21-8-6-19-39(41)46)62-51-28-14-25-45-40-20-7-9-23-44(40)54-38-18-5-4-15-35(38)33-53(62)56(54)55(45)51/h1-34H. The Kier molecular flexibility index (Phi) is 6.80. The van der Waals surface area contributed by atoms with Gasteiger partial charge in [-0.1, -0.05) is 152 Å². The Labute approximate surface area is 355 Å². The number of aromatic nitrogens is 4. The average Bonchev–Trinajstić information content (AvgIpc) is 3.85. The van der Waals surface area contributed by atoms with Gasteiger partial charge in [-0.15, -0.1) is 0 Å². The SMILES string of the molecule is c1ccc(-n2c3ccccc3c3ccc(-c4nc(-c5ccc(-n6c7cccc8c9ccccc9c9c%10ccccc%10cc6c9c87)c6ccccc56)nc5ccccc45)cc32)cc1. The fourth-order valence-electron chi connectivity index (χ4n) is 10.6. The van der Waals surface area contributed by atoms with Crippen molar-refractivity contribution >= 4 is 97.6 Å². The van der Waals surface area contributed by atoms with E-state index >= 15 is 0 Å². The topological polar surface area (TPSA) is 35.6 Å². The first kappa shape index (κ1) is 33.5. The van der Waals surface area contributed by atoms with E-state index in [1.807, 2.05) is 0 Å². The first-order valence-corrected chi connectivity index (χ1v) is 21.3. The molecule has 0 radical (unpaired) electrons. The summed E-state index contributed by atoms with van der Waals surface area (Å²) in [4.78, 5) is 10.8. The molecule has 0 aliphatic carbocycles. The number of hydrogen-bond acceptors (Lipinski definition) is 2. The summed E-state index contributed by atoms with van der Waals surface area (Å²) in [5, 5.41) is 16.0. The van der Waals surface area contributed by atoms with Crippen molar-refractivity contribution in [3.8, 4) is 34.0 Å². The summed E-state index contributed by atoms with van der Waals surface area (Å²) in [6.07, 6.45) is 0. The molecule has 0 aliphatic rings. The van der Waals surface area contributed by atoms with Crippen molar-refractivity contribution in [3.05, 3.63) is 206 Å². The van der Waals surface area contributed by atoms with Crippen LogP contribution in [0, 0.1) is 0 Å². The van der Waals surface area contributed by atoms with Crippen LogP contribution < -0.4 is 0 Å². The van der Waals surface area contributed by atoms with Gasteiger partial charge in [0, 0.05) is 54.5 Å². The highest BCUT2D eigenvalue weighted by Gasteiger charge is 2.24. The lowest BCUT2D eigenvalue weighted by Gasteiger charge is -2.16. The van der Waals surface area contributed by atoms with E-state index in [2.05, 4.69) is 215 Å². The predicted octanol–water partition coefficient (Wildman–Crippen LogP) is 15.2. The van der Waals surface area contributed by atoms with Gasteiger partial charge in [0.2, 0.25) is 0 Å². The molecule has 14 rings (SSSR count). The highest BCUT2D eigenvalue weighted by Crippen LogP contribution is 2.47. The number of fused-ring (bicyclic) bond motifs is 10. The van der Waals surface area contributed by atoms with E-state index in [0.717, 1.165) is 55.4 Å². The summed E-state index contributed by atoms with van der Waals surface area (Å²) in [6, 6.07) is 74.7. The Morgan fingerprint density at radius 1 is 0.323 bits per heavy atom. The van der Waals surface area contributed by atoms with Crippen LogP contribution in [0.2, 0.25) is 0 Å². The molecule has 0 fully saturated rings. The number of nitrogens with zero attached hydrogens (tertiary/aromatic N) is 4. The van der Waals surface area contributed by atoms with E-state index in [1.54, 1.807) is 0 Å². The lowest BCUT2D eigenvalue weighted by Crippen LogP contribution is -1.99. The predicted molar refractivity (Wildman–Crippen MR) is 260 cm³/mol. The Hall–Kier alpha value is -8.34. The maximum atomic E-state index is 5.51. The average molecular weight is 787 g/mol. The molecular weight excluding hydrogens is 753 g/mol. The summed E-state index contributed by atoms with van der Waals surface area (Å²) in [5.74, 6) is 0.705. The van der Waals surface area contributed by atoms with Crippen molar-refractivity contribution in [1.29, 1.82) is 0 Å². The van der Waals surface area contributed by atoms with Gasteiger partial charge in [-0.2, -0.15) is 0 Å². The van der Waals surface area contributed by atoms with Gasteiger partial charge >= 0.3 is 0 Å². The maximum Gasteiger partial charge on any atom is 0.161 e. The van der Waals surface area contributed by atoms with Crippen LogP contribution in [0.25, 0.3) is 132 Å². The molecule has 0 aliphatic heterocycles. The molecule has 286 valence electrons. The molecule has 0 N–H and O–H groups in total. The van der Waals surface area contributed by atoms with Crippen molar-refractivity contribution in [2.24, 2.45) is 0 Å². The second-order valence-corrected chi connectivity index (χ2v) is 16.5. The highest BCUT2D eigenvalue weighted by atomic mass is 15.0. The first-order chi connectivity index (χ1) is 30.8. The molecule has 4 heteroatoms. The molecule has 0 amide bonds. The minimum absolute atomic E-state index is 0.705. The van der Waals surface area contributed by atoms with Gasteiger partial charge in [-0.05, 0) is 86.9 Å². The van der Waals surface area contributed by atoms with Crippen LogP contribution in [0.4, 0.5) is 0 Å². The second kappa shape index (κ2) is 12.6. The number of para-hydroxylation sites is 3. The van der Waals surface area contributed by atoms with E-state index in [-0.39, 0.29) is 0 Å². The van der Waals surface area contributed by atoms with Gasteiger partial charge in [0.1, 0.15) is 0 Å². The van der Waals surface area contributed by atoms with Crippen LogP contribution in [0.3, 0.4) is 0 Å². The van der Waals surface area contributed by atoms with Gasteiger partial charge in [0.15, 0.2) is 5.82 Å². The third-order valence-corrected chi connectivity index (χ3v) is 13.2. The molecular formula is C58H34N4. The molecule has 0 atom stereocenters. The third kappa shape index (κ3) is 4.55. The fourth-order valence-corrected chi connectivity index (χ4v) is 10.6. The molecule has 4 nitrogen and oxygen atoms in total. The minimum Gasteiger partial charge on any atom is -0.309 e. The molecule has 0 bridgehead atoms. The lowest BCUT2D eigenvalue weighted by molar-refractivity contribution is 1.18. The highest BCUT2D eigenvalue weighted by molar-refractivity contribution is 6.39. The van der Waals surface area contributed by atoms with Crippen LogP contribution in [0.5, 0.6) is 0 Å². The van der Waals surface area contributed by atoms with E-state index in [9.17, 15) is 0 Å². The van der Waals surface area contributed by atoms with Crippen LogP contribution in [0.1, 0.15) is 0 Å². The molecule has 62 heavy (non-hydrogen) atoms. The van der Waals surface area contributed by atoms with Crippen LogP contribution in [0.15, 0.2) is 206 Å². The molecule has 11 aromatic carbocycles. The summed E-state index contributed by atoms with van der Waals surface area (Å²) < 4.78 is 4.86. The van der Waals surface area contributed by atoms with Crippen LogP contribution in [-0.2, 0) is 0 Å². The quantitative estimate of drug-likeness (QED) is 0.167. The molecule has 14 aromatic rings. The maximum absolute atomic E-state index is 5.51. The fraction of sp³-hybridized carbons (Fsp3) is 0. The van der Waals surface area contributed by atoms with E-state index in [1.165, 1.54) is 70.4 Å². The van der Waals surface area contributed by atoms with Crippen LogP contribution in [-0.4, -0.2) is 19.1 Å². The monoisotopic (exact) mass is 786 g/mol. The zero-order valence-corrected chi connectivity index (χ0v) is 33.4. The zero-order chi connectivity index (χ0) is 40.5. The van der Waals surface area contributed by atoms with Crippen molar-refractivity contribution in [3.63, 3.8) is 0 Å². The molecule has 0 saturated heterocycles. The van der Waals surface area contributed by atoms with Crippen molar-refractivity contribution in [2.75, 3.05) is 0 Å². The largest absolute Gasteiger partial charge is 0.309 e. The summed E-state index contributed by atoms with van der Waals surface area (Å²) in [5.41, 5.74) is 10.9. The zero-order valence-electron chi connectivity index (χ0n) is 33.4. The smallest absolute Gasteiger partial charge is 0.161 e. The Balaban J connectivity index is 1.02. The van der Waals surface area contributed by atoms with Crippen molar-refractivity contribution < 1.29 is 0 Å². The van der Waals surface area contributed by atoms with Crippen molar-refractivity contribution in [2.45, 2.75) is 0 Å². The number of rotatable bonds is 4. The first-order valence-electron chi connectivity index (χ1n) is 21.3. The van der Waals surface area contributed by atoms with Crippen LogP contribution >= 0.6 is 0 Å². The van der Waals surface area contributed by atoms with E-state index in [0.29, 0.717) is 5.82 Å². The summed E-state index contributed by atoms with van der Waals surface area (Å²) in [6.45, 7) is 0. The summed E-state index contributed by atoms with van der Waals surface area (Å²) in [7, 11) is 0. The van der Waals surface area contributed by atoms with Gasteiger partial charge in [0.05, 0.1) is 39.0 Å². The molecule has 0 spiro atoms. The minimum atomic E-state index is 0.705. The molecule has 0 unspecified atom stereocenters. The number of benzene rings is 11. The van der Waals surface area contributed by atoms with Gasteiger partial charge in [0.25, 0.3) is 0 Å². The van der Waals surface area contributed by atoms with E-state index in [4.69, 9.17) is 9.97 Å². The normalized spacial score (nSPS) is 12.2. The van der Waals surface area contributed by atoms with Gasteiger partial charge < -0.3 is 9.13 Å². The molecule has 3 heterocycles. The van der Waals surface area contributed by atoms with Crippen molar-refractivity contribution in [1.82, 2.24) is 19.1 Å². The summed E-state index contributed by atoms with van der Waals surface area (Å²) >= 11 is 0. The molecule has 3 aromatic heterocycles. The van der Waals surface area contributed by atoms with Gasteiger partial charge in [-0.25, -0.2) is 9.97 Å². The molecule has 0 saturated carbocycles. The Morgan fingerprint density at radius 2 is 0.968 bits per heavy atom. The number of hydrogen-bond donors (Lipinski definition) is 0.